The average molecular weight is 199 g/mol. The van der Waals surface area contributed by atoms with Crippen molar-refractivity contribution in [2.24, 2.45) is 0 Å². The van der Waals surface area contributed by atoms with Gasteiger partial charge in [-0.2, -0.15) is 0 Å². The molecule has 2 amide bonds. The molecule has 1 fully saturated rings. The average Bonchev–Trinajstić information content (AvgIpc) is 2.70. The zero-order valence-electron chi connectivity index (χ0n) is 9.01. The molecule has 1 rings (SSSR count). The SMILES string of the molecule is CCCNCCNC(=O)N1CCCC1. The highest BCUT2D eigenvalue weighted by molar-refractivity contribution is 5.74. The largest absolute Gasteiger partial charge is 0.337 e. The lowest BCUT2D eigenvalue weighted by Crippen LogP contribution is -2.40. The van der Waals surface area contributed by atoms with Crippen LogP contribution in [0, 0.1) is 0 Å². The molecule has 0 atom stereocenters. The lowest BCUT2D eigenvalue weighted by atomic mass is 10.4. The summed E-state index contributed by atoms with van der Waals surface area (Å²) < 4.78 is 0. The minimum absolute atomic E-state index is 0.0980. The second-order valence-electron chi connectivity index (χ2n) is 3.68. The highest BCUT2D eigenvalue weighted by Gasteiger charge is 2.16. The first-order chi connectivity index (χ1) is 6.84. The van der Waals surface area contributed by atoms with Gasteiger partial charge in [-0.25, -0.2) is 4.79 Å². The van der Waals surface area contributed by atoms with E-state index < -0.39 is 0 Å². The van der Waals surface area contributed by atoms with Crippen molar-refractivity contribution in [3.63, 3.8) is 0 Å². The van der Waals surface area contributed by atoms with Gasteiger partial charge in [0, 0.05) is 26.2 Å². The maximum atomic E-state index is 11.5. The topological polar surface area (TPSA) is 44.4 Å². The summed E-state index contributed by atoms with van der Waals surface area (Å²) in [5.41, 5.74) is 0. The van der Waals surface area contributed by atoms with E-state index in [1.807, 2.05) is 4.90 Å². The standard InChI is InChI=1S/C10H21N3O/c1-2-5-11-6-7-12-10(14)13-8-3-4-9-13/h11H,2-9H2,1H3,(H,12,14). The van der Waals surface area contributed by atoms with Crippen LogP contribution in [0.5, 0.6) is 0 Å². The molecule has 0 radical (unpaired) electrons. The molecule has 1 saturated heterocycles. The van der Waals surface area contributed by atoms with Gasteiger partial charge < -0.3 is 15.5 Å². The fraction of sp³-hybridized carbons (Fsp3) is 0.900. The molecule has 82 valence electrons. The number of carbonyl (C=O) groups is 1. The van der Waals surface area contributed by atoms with Crippen LogP contribution in [-0.2, 0) is 0 Å². The van der Waals surface area contributed by atoms with Gasteiger partial charge >= 0.3 is 6.03 Å². The number of likely N-dealkylation sites (tertiary alicyclic amines) is 1. The Labute approximate surface area is 86.0 Å². The summed E-state index contributed by atoms with van der Waals surface area (Å²) in [5.74, 6) is 0. The molecule has 14 heavy (non-hydrogen) atoms. The smallest absolute Gasteiger partial charge is 0.317 e. The van der Waals surface area contributed by atoms with E-state index in [0.29, 0.717) is 0 Å². The van der Waals surface area contributed by atoms with E-state index in [2.05, 4.69) is 17.6 Å². The number of carbonyl (C=O) groups excluding carboxylic acids is 1. The van der Waals surface area contributed by atoms with Gasteiger partial charge in [0.1, 0.15) is 0 Å². The number of hydrogen-bond donors (Lipinski definition) is 2. The maximum Gasteiger partial charge on any atom is 0.317 e. The highest BCUT2D eigenvalue weighted by Crippen LogP contribution is 2.06. The van der Waals surface area contributed by atoms with Crippen molar-refractivity contribution in [2.45, 2.75) is 26.2 Å². The number of urea groups is 1. The molecular formula is C10H21N3O. The Morgan fingerprint density at radius 3 is 2.57 bits per heavy atom. The predicted molar refractivity (Wildman–Crippen MR) is 57.4 cm³/mol. The van der Waals surface area contributed by atoms with E-state index in [9.17, 15) is 4.79 Å². The van der Waals surface area contributed by atoms with Crippen LogP contribution in [0.15, 0.2) is 0 Å². The third-order valence-corrected chi connectivity index (χ3v) is 2.40. The van der Waals surface area contributed by atoms with Gasteiger partial charge in [-0.1, -0.05) is 6.92 Å². The fourth-order valence-electron chi connectivity index (χ4n) is 1.59. The van der Waals surface area contributed by atoms with Gasteiger partial charge in [0.15, 0.2) is 0 Å². The number of nitrogens with zero attached hydrogens (tertiary/aromatic N) is 1. The first-order valence-corrected chi connectivity index (χ1v) is 5.58. The first kappa shape index (κ1) is 11.3. The molecule has 2 N–H and O–H groups in total. The van der Waals surface area contributed by atoms with Crippen molar-refractivity contribution >= 4 is 6.03 Å². The van der Waals surface area contributed by atoms with E-state index in [-0.39, 0.29) is 6.03 Å². The van der Waals surface area contributed by atoms with Crippen molar-refractivity contribution in [3.05, 3.63) is 0 Å². The third-order valence-electron chi connectivity index (χ3n) is 2.40. The third kappa shape index (κ3) is 3.96. The molecular weight excluding hydrogens is 178 g/mol. The Kier molecular flexibility index (Phi) is 5.37. The van der Waals surface area contributed by atoms with Crippen LogP contribution in [0.3, 0.4) is 0 Å². The molecule has 0 aliphatic carbocycles. The second kappa shape index (κ2) is 6.65. The number of amides is 2. The molecule has 0 aromatic rings. The zero-order valence-corrected chi connectivity index (χ0v) is 9.01. The monoisotopic (exact) mass is 199 g/mol. The molecule has 4 heteroatoms. The molecule has 0 saturated carbocycles. The van der Waals surface area contributed by atoms with Crippen molar-refractivity contribution in [3.8, 4) is 0 Å². The van der Waals surface area contributed by atoms with Crippen molar-refractivity contribution in [1.82, 2.24) is 15.5 Å². The summed E-state index contributed by atoms with van der Waals surface area (Å²) in [7, 11) is 0. The van der Waals surface area contributed by atoms with Crippen LogP contribution in [0.25, 0.3) is 0 Å². The van der Waals surface area contributed by atoms with Gasteiger partial charge in [-0.3, -0.25) is 0 Å². The lowest BCUT2D eigenvalue weighted by molar-refractivity contribution is 0.209. The summed E-state index contributed by atoms with van der Waals surface area (Å²) in [5, 5.41) is 6.16. The summed E-state index contributed by atoms with van der Waals surface area (Å²) in [6.07, 6.45) is 3.45. The van der Waals surface area contributed by atoms with Gasteiger partial charge in [0.25, 0.3) is 0 Å². The maximum absolute atomic E-state index is 11.5. The molecule has 0 aromatic heterocycles. The predicted octanol–water partition coefficient (Wildman–Crippen LogP) is 0.791. The van der Waals surface area contributed by atoms with Crippen LogP contribution in [0.1, 0.15) is 26.2 Å². The molecule has 1 heterocycles. The van der Waals surface area contributed by atoms with Gasteiger partial charge in [0.05, 0.1) is 0 Å². The molecule has 1 aliphatic heterocycles. The van der Waals surface area contributed by atoms with Gasteiger partial charge in [-0.15, -0.1) is 0 Å². The van der Waals surface area contributed by atoms with E-state index in [1.54, 1.807) is 0 Å². The minimum atomic E-state index is 0.0980. The highest BCUT2D eigenvalue weighted by atomic mass is 16.2. The van der Waals surface area contributed by atoms with Crippen LogP contribution in [-0.4, -0.2) is 43.7 Å². The quantitative estimate of drug-likeness (QED) is 0.643. The van der Waals surface area contributed by atoms with E-state index in [4.69, 9.17) is 0 Å². The van der Waals surface area contributed by atoms with Crippen LogP contribution < -0.4 is 10.6 Å². The Bertz CT molecular complexity index is 167. The Morgan fingerprint density at radius 2 is 1.93 bits per heavy atom. The van der Waals surface area contributed by atoms with Crippen molar-refractivity contribution < 1.29 is 4.79 Å². The van der Waals surface area contributed by atoms with Crippen LogP contribution in [0.2, 0.25) is 0 Å². The molecule has 0 bridgehead atoms. The number of nitrogens with one attached hydrogen (secondary N) is 2. The van der Waals surface area contributed by atoms with Crippen LogP contribution in [0.4, 0.5) is 4.79 Å². The molecule has 0 spiro atoms. The second-order valence-corrected chi connectivity index (χ2v) is 3.68. The summed E-state index contributed by atoms with van der Waals surface area (Å²) in [6.45, 7) is 6.61. The van der Waals surface area contributed by atoms with E-state index >= 15 is 0 Å². The lowest BCUT2D eigenvalue weighted by Gasteiger charge is -2.16. The van der Waals surface area contributed by atoms with E-state index in [0.717, 1.165) is 52.0 Å². The normalized spacial score (nSPS) is 15.9. The summed E-state index contributed by atoms with van der Waals surface area (Å²) in [6, 6.07) is 0.0980. The summed E-state index contributed by atoms with van der Waals surface area (Å²) in [4.78, 5) is 13.4. The van der Waals surface area contributed by atoms with Crippen LogP contribution >= 0.6 is 0 Å². The minimum Gasteiger partial charge on any atom is -0.337 e. The summed E-state index contributed by atoms with van der Waals surface area (Å²) >= 11 is 0. The van der Waals surface area contributed by atoms with Crippen molar-refractivity contribution in [1.29, 1.82) is 0 Å². The Morgan fingerprint density at radius 1 is 1.21 bits per heavy atom. The van der Waals surface area contributed by atoms with Gasteiger partial charge in [-0.05, 0) is 25.8 Å². The molecule has 0 aromatic carbocycles. The van der Waals surface area contributed by atoms with Gasteiger partial charge in [0.2, 0.25) is 0 Å². The Hall–Kier alpha value is -0.770. The molecule has 0 unspecified atom stereocenters. The number of hydrogen-bond acceptors (Lipinski definition) is 2. The first-order valence-electron chi connectivity index (χ1n) is 5.58. The van der Waals surface area contributed by atoms with E-state index in [1.165, 1.54) is 0 Å². The molecule has 4 nitrogen and oxygen atoms in total. The number of rotatable bonds is 5. The zero-order chi connectivity index (χ0) is 10.2. The molecule has 1 aliphatic rings. The Balaban J connectivity index is 1.97. The van der Waals surface area contributed by atoms with Crippen molar-refractivity contribution in [2.75, 3.05) is 32.7 Å². The fourth-order valence-corrected chi connectivity index (χ4v) is 1.59.